The zero-order valence-electron chi connectivity index (χ0n) is 43.1. The van der Waals surface area contributed by atoms with Gasteiger partial charge in [-0.05, 0) is 76.9 Å². The van der Waals surface area contributed by atoms with Gasteiger partial charge in [0.05, 0.1) is 22.1 Å². The predicted octanol–water partition coefficient (Wildman–Crippen LogP) is 17.6. The van der Waals surface area contributed by atoms with Crippen LogP contribution in [0.4, 0.5) is 0 Å². The molecule has 0 aliphatic rings. The van der Waals surface area contributed by atoms with E-state index in [4.69, 9.17) is 29.9 Å². The van der Waals surface area contributed by atoms with Gasteiger partial charge in [0.25, 0.3) is 0 Å². The molecule has 0 saturated heterocycles. The summed E-state index contributed by atoms with van der Waals surface area (Å²) in [6.45, 7) is 0. The van der Waals surface area contributed by atoms with Crippen LogP contribution in [-0.2, 0) is 0 Å². The lowest BCUT2D eigenvalue weighted by atomic mass is 9.92. The minimum absolute atomic E-state index is 0.559. The maximum absolute atomic E-state index is 5.35. The third kappa shape index (κ3) is 8.18. The van der Waals surface area contributed by atoms with Crippen molar-refractivity contribution in [3.63, 3.8) is 0 Å². The summed E-state index contributed by atoms with van der Waals surface area (Å²) in [7, 11) is 0. The molecule has 8 nitrogen and oxygen atoms in total. The van der Waals surface area contributed by atoms with Crippen molar-refractivity contribution in [3.05, 3.63) is 279 Å². The zero-order valence-corrected chi connectivity index (χ0v) is 43.1. The molecule has 4 heterocycles. The molecule has 80 heavy (non-hydrogen) atoms. The summed E-state index contributed by atoms with van der Waals surface area (Å²) in [6, 6.07) is 97.2. The van der Waals surface area contributed by atoms with Crippen LogP contribution in [-0.4, -0.2) is 39.0 Å². The van der Waals surface area contributed by atoms with Gasteiger partial charge in [-0.3, -0.25) is 0 Å². The third-order valence-corrected chi connectivity index (χ3v) is 15.0. The Morgan fingerprint density at radius 2 is 0.450 bits per heavy atom. The molecule has 374 valence electrons. The second-order valence-corrected chi connectivity index (χ2v) is 19.9. The van der Waals surface area contributed by atoms with Gasteiger partial charge in [-0.2, -0.15) is 0 Å². The van der Waals surface area contributed by atoms with E-state index < -0.39 is 0 Å². The summed E-state index contributed by atoms with van der Waals surface area (Å²) in [5.74, 6) is 3.48. The maximum atomic E-state index is 5.35. The fraction of sp³-hybridized carbons (Fsp3) is 0. The van der Waals surface area contributed by atoms with Gasteiger partial charge in [-0.1, -0.05) is 224 Å². The zero-order chi connectivity index (χ0) is 52.9. The first-order chi connectivity index (χ1) is 39.7. The normalized spacial score (nSPS) is 11.5. The average molecular weight is 1020 g/mol. The van der Waals surface area contributed by atoms with Gasteiger partial charge in [0, 0.05) is 66.3 Å². The monoisotopic (exact) mass is 1020 g/mol. The van der Waals surface area contributed by atoms with Gasteiger partial charge in [-0.25, -0.2) is 29.9 Å². The topological polar surface area (TPSA) is 87.2 Å². The SMILES string of the molecule is c1ccc(-c2nc(-c3ccccc3)nc(-c3cc(-n4c5ccccc5c5ccccc54)ccc3-c3cccc(-c4ccc(-n5c6ccccc6c6ccccc65)cc4-c4nc(-c5ccccc5)nc(-c5ccccc5)n4)c3)n2)cc1. The summed E-state index contributed by atoms with van der Waals surface area (Å²) in [5, 5.41) is 4.74. The van der Waals surface area contributed by atoms with Crippen LogP contribution in [0, 0.1) is 0 Å². The van der Waals surface area contributed by atoms with Crippen molar-refractivity contribution in [2.24, 2.45) is 0 Å². The molecule has 0 saturated carbocycles. The molecule has 4 aromatic heterocycles. The molecule has 0 atom stereocenters. The number of rotatable bonds is 10. The summed E-state index contributed by atoms with van der Waals surface area (Å²) < 4.78 is 4.69. The largest absolute Gasteiger partial charge is 0.309 e. The van der Waals surface area contributed by atoms with Gasteiger partial charge in [0.1, 0.15) is 0 Å². The van der Waals surface area contributed by atoms with Crippen LogP contribution in [0.15, 0.2) is 279 Å². The van der Waals surface area contributed by atoms with E-state index in [1.807, 2.05) is 72.8 Å². The summed E-state index contributed by atoms with van der Waals surface area (Å²) in [4.78, 5) is 31.6. The molecule has 8 heteroatoms. The second-order valence-electron chi connectivity index (χ2n) is 19.9. The van der Waals surface area contributed by atoms with Crippen LogP contribution in [0.5, 0.6) is 0 Å². The Labute approximate surface area is 461 Å². The molecule has 15 rings (SSSR count). The standard InChI is InChI=1S/C72H46N8/c1-5-22-47(23-6-1)67-73-68(48-24-7-2-8-25-48)76-71(75-67)61-45-53(79-63-36-17-13-32-57(63)58-33-14-18-37-64(58)79)40-42-55(61)51-30-21-31-52(44-51)56-43-41-54(80-65-38-19-15-34-59(65)60-35-16-20-39-66(60)80)46-62(56)72-77-69(49-26-9-3-10-27-49)74-70(78-72)50-28-11-4-12-29-50/h1-46H. The van der Waals surface area contributed by atoms with Crippen molar-refractivity contribution in [2.45, 2.75) is 0 Å². The lowest BCUT2D eigenvalue weighted by molar-refractivity contribution is 1.07. The molecular weight excluding hydrogens is 977 g/mol. The van der Waals surface area contributed by atoms with Crippen molar-refractivity contribution >= 4 is 43.6 Å². The molecule has 0 bridgehead atoms. The number of aromatic nitrogens is 8. The van der Waals surface area contributed by atoms with Crippen LogP contribution < -0.4 is 0 Å². The number of benzene rings is 11. The number of nitrogens with zero attached hydrogens (tertiary/aromatic N) is 8. The molecule has 0 radical (unpaired) electrons. The van der Waals surface area contributed by atoms with Gasteiger partial charge in [-0.15, -0.1) is 0 Å². The van der Waals surface area contributed by atoms with Gasteiger partial charge >= 0.3 is 0 Å². The molecule has 0 spiro atoms. The molecule has 0 N–H and O–H groups in total. The summed E-state index contributed by atoms with van der Waals surface area (Å²) >= 11 is 0. The smallest absolute Gasteiger partial charge is 0.164 e. The van der Waals surface area contributed by atoms with E-state index in [0.717, 1.165) is 89.1 Å². The van der Waals surface area contributed by atoms with Crippen LogP contribution in [0.1, 0.15) is 0 Å². The Morgan fingerprint density at radius 1 is 0.188 bits per heavy atom. The quantitative estimate of drug-likeness (QED) is 0.136. The Hall–Kier alpha value is -11.0. The first-order valence-electron chi connectivity index (χ1n) is 26.8. The van der Waals surface area contributed by atoms with E-state index >= 15 is 0 Å². The van der Waals surface area contributed by atoms with E-state index in [2.05, 4.69) is 215 Å². The Kier molecular flexibility index (Phi) is 11.3. The average Bonchev–Trinajstić information content (AvgIpc) is 4.28. The van der Waals surface area contributed by atoms with Crippen molar-refractivity contribution < 1.29 is 0 Å². The van der Waals surface area contributed by atoms with Crippen molar-refractivity contribution in [1.29, 1.82) is 0 Å². The molecular formula is C72H46N8. The van der Waals surface area contributed by atoms with Crippen LogP contribution in [0.3, 0.4) is 0 Å². The molecule has 0 amide bonds. The lowest BCUT2D eigenvalue weighted by Gasteiger charge is -2.17. The fourth-order valence-corrected chi connectivity index (χ4v) is 11.3. The van der Waals surface area contributed by atoms with Crippen molar-refractivity contribution in [3.8, 4) is 102 Å². The van der Waals surface area contributed by atoms with Crippen LogP contribution in [0.25, 0.3) is 146 Å². The summed E-state index contributed by atoms with van der Waals surface area (Å²) in [5.41, 5.74) is 15.6. The Balaban J connectivity index is 0.971. The highest BCUT2D eigenvalue weighted by Crippen LogP contribution is 2.42. The lowest BCUT2D eigenvalue weighted by Crippen LogP contribution is -2.03. The minimum atomic E-state index is 0.559. The first kappa shape index (κ1) is 46.4. The number of hydrogen-bond acceptors (Lipinski definition) is 6. The minimum Gasteiger partial charge on any atom is -0.309 e. The van der Waals surface area contributed by atoms with E-state index in [1.54, 1.807) is 0 Å². The highest BCUT2D eigenvalue weighted by Gasteiger charge is 2.23. The van der Waals surface area contributed by atoms with Crippen LogP contribution >= 0.6 is 0 Å². The third-order valence-electron chi connectivity index (χ3n) is 15.0. The van der Waals surface area contributed by atoms with Gasteiger partial charge in [0.2, 0.25) is 0 Å². The van der Waals surface area contributed by atoms with Crippen molar-refractivity contribution in [1.82, 2.24) is 39.0 Å². The van der Waals surface area contributed by atoms with Crippen LogP contribution in [0.2, 0.25) is 0 Å². The first-order valence-corrected chi connectivity index (χ1v) is 26.8. The molecule has 0 aliphatic heterocycles. The molecule has 0 fully saturated rings. The summed E-state index contributed by atoms with van der Waals surface area (Å²) in [6.07, 6.45) is 0. The number of fused-ring (bicyclic) bond motifs is 6. The van der Waals surface area contributed by atoms with Gasteiger partial charge < -0.3 is 9.13 Å². The molecule has 0 aliphatic carbocycles. The van der Waals surface area contributed by atoms with E-state index in [0.29, 0.717) is 34.9 Å². The molecule has 15 aromatic rings. The van der Waals surface area contributed by atoms with E-state index in [9.17, 15) is 0 Å². The number of para-hydroxylation sites is 4. The maximum Gasteiger partial charge on any atom is 0.164 e. The predicted molar refractivity (Wildman–Crippen MR) is 325 cm³/mol. The Morgan fingerprint density at radius 3 is 0.762 bits per heavy atom. The highest BCUT2D eigenvalue weighted by atomic mass is 15.1. The van der Waals surface area contributed by atoms with Crippen molar-refractivity contribution in [2.75, 3.05) is 0 Å². The molecule has 0 unspecified atom stereocenters. The number of hydrogen-bond donors (Lipinski definition) is 0. The van der Waals surface area contributed by atoms with Gasteiger partial charge in [0.15, 0.2) is 34.9 Å². The highest BCUT2D eigenvalue weighted by molar-refractivity contribution is 6.10. The Bertz CT molecular complexity index is 4290. The second kappa shape index (κ2) is 19.6. The van der Waals surface area contributed by atoms with E-state index in [1.165, 1.54) is 21.5 Å². The molecule has 11 aromatic carbocycles. The fourth-order valence-electron chi connectivity index (χ4n) is 11.3. The van der Waals surface area contributed by atoms with E-state index in [-0.39, 0.29) is 0 Å².